The number of likely N-dealkylation sites (tertiary alicyclic amines) is 1. The van der Waals surface area contributed by atoms with E-state index in [4.69, 9.17) is 10.5 Å². The third-order valence-electron chi connectivity index (χ3n) is 4.71. The van der Waals surface area contributed by atoms with Crippen molar-refractivity contribution >= 4 is 5.69 Å². The average molecular weight is 292 g/mol. The van der Waals surface area contributed by atoms with Crippen LogP contribution in [-0.2, 0) is 0 Å². The zero-order chi connectivity index (χ0) is 14.8. The number of para-hydroxylation sites is 2. The van der Waals surface area contributed by atoms with Gasteiger partial charge in [0.15, 0.2) is 0 Å². The van der Waals surface area contributed by atoms with Crippen molar-refractivity contribution in [1.82, 2.24) is 4.90 Å². The van der Waals surface area contributed by atoms with Gasteiger partial charge in [0.05, 0.1) is 11.8 Å². The van der Waals surface area contributed by atoms with Gasteiger partial charge in [0.1, 0.15) is 18.5 Å². The number of nitrogens with zero attached hydrogens (tertiary/aromatic N) is 1. The first-order chi connectivity index (χ1) is 10.1. The zero-order valence-electron chi connectivity index (χ0n) is 12.2. The molecule has 21 heavy (non-hydrogen) atoms. The summed E-state index contributed by atoms with van der Waals surface area (Å²) in [7, 11) is 0. The predicted molar refractivity (Wildman–Crippen MR) is 81.0 cm³/mol. The van der Waals surface area contributed by atoms with E-state index in [1.54, 1.807) is 12.1 Å². The van der Waals surface area contributed by atoms with Gasteiger partial charge >= 0.3 is 0 Å². The van der Waals surface area contributed by atoms with Crippen molar-refractivity contribution in [3.05, 3.63) is 24.3 Å². The highest BCUT2D eigenvalue weighted by atomic mass is 16.5. The molecule has 1 aromatic rings. The number of rotatable bonds is 5. The summed E-state index contributed by atoms with van der Waals surface area (Å²) in [5.74, 6) is 1.60. The van der Waals surface area contributed by atoms with E-state index in [2.05, 4.69) is 4.90 Å². The van der Waals surface area contributed by atoms with E-state index in [1.807, 2.05) is 12.1 Å². The Bertz CT molecular complexity index is 482. The van der Waals surface area contributed by atoms with Crippen LogP contribution in [0.1, 0.15) is 12.8 Å². The number of aliphatic hydroxyl groups is 2. The Balaban J connectivity index is 1.45. The Kier molecular flexibility index (Phi) is 4.33. The van der Waals surface area contributed by atoms with Crippen molar-refractivity contribution in [1.29, 1.82) is 0 Å². The van der Waals surface area contributed by atoms with Crippen LogP contribution in [0.15, 0.2) is 24.3 Å². The van der Waals surface area contributed by atoms with Crippen molar-refractivity contribution in [3.8, 4) is 5.75 Å². The van der Waals surface area contributed by atoms with Crippen LogP contribution in [0.2, 0.25) is 0 Å². The third-order valence-corrected chi connectivity index (χ3v) is 4.71. The summed E-state index contributed by atoms with van der Waals surface area (Å²) in [5, 5.41) is 20.0. The molecule has 0 radical (unpaired) electrons. The highest BCUT2D eigenvalue weighted by Crippen LogP contribution is 2.37. The van der Waals surface area contributed by atoms with E-state index in [-0.39, 0.29) is 12.7 Å². The summed E-state index contributed by atoms with van der Waals surface area (Å²) >= 11 is 0. The lowest BCUT2D eigenvalue weighted by Crippen LogP contribution is -2.35. The molecular weight excluding hydrogens is 268 g/mol. The van der Waals surface area contributed by atoms with E-state index < -0.39 is 6.10 Å². The van der Waals surface area contributed by atoms with Gasteiger partial charge in [-0.3, -0.25) is 4.90 Å². The number of hydrogen-bond donors (Lipinski definition) is 3. The predicted octanol–water partition coefficient (Wildman–Crippen LogP) is 0.711. The number of fused-ring (bicyclic) bond motifs is 1. The van der Waals surface area contributed by atoms with Gasteiger partial charge in [0, 0.05) is 25.6 Å². The molecule has 1 heterocycles. The number of nitrogens with two attached hydrogens (primary N) is 1. The number of benzene rings is 1. The average Bonchev–Trinajstić information content (AvgIpc) is 3.00. The molecule has 0 spiro atoms. The second-order valence-corrected chi connectivity index (χ2v) is 6.29. The summed E-state index contributed by atoms with van der Waals surface area (Å²) in [5.41, 5.74) is 6.39. The van der Waals surface area contributed by atoms with E-state index in [0.29, 0.717) is 29.8 Å². The third kappa shape index (κ3) is 3.31. The summed E-state index contributed by atoms with van der Waals surface area (Å²) in [6, 6.07) is 7.30. The van der Waals surface area contributed by atoms with Gasteiger partial charge in [-0.1, -0.05) is 12.1 Å². The lowest BCUT2D eigenvalue weighted by atomic mass is 10.00. The zero-order valence-corrected chi connectivity index (χ0v) is 12.2. The van der Waals surface area contributed by atoms with Gasteiger partial charge in [-0.15, -0.1) is 0 Å². The van der Waals surface area contributed by atoms with E-state index in [0.717, 1.165) is 25.9 Å². The molecule has 0 amide bonds. The van der Waals surface area contributed by atoms with Gasteiger partial charge in [-0.2, -0.15) is 0 Å². The summed E-state index contributed by atoms with van der Waals surface area (Å²) < 4.78 is 5.57. The molecule has 1 aliphatic carbocycles. The minimum absolute atomic E-state index is 0.155. The molecular formula is C16H24N2O3. The fraction of sp³-hybridized carbons (Fsp3) is 0.625. The first-order valence-electron chi connectivity index (χ1n) is 7.69. The molecule has 1 saturated carbocycles. The lowest BCUT2D eigenvalue weighted by Gasteiger charge is -2.21. The van der Waals surface area contributed by atoms with Crippen molar-refractivity contribution < 1.29 is 14.9 Å². The highest BCUT2D eigenvalue weighted by Gasteiger charge is 2.41. The van der Waals surface area contributed by atoms with E-state index in [9.17, 15) is 10.2 Å². The standard InChI is InChI=1S/C16H24N2O3/c17-14-3-1-2-4-16(14)21-10-12(19)8-18-7-11-5-6-15(20)13(11)9-18/h1-4,11-13,15,19-20H,5-10,17H2. The number of ether oxygens (including phenoxy) is 1. The first kappa shape index (κ1) is 14.6. The van der Waals surface area contributed by atoms with Crippen molar-refractivity contribution in [2.75, 3.05) is 32.0 Å². The van der Waals surface area contributed by atoms with Crippen molar-refractivity contribution in [2.24, 2.45) is 11.8 Å². The Morgan fingerprint density at radius 2 is 2.10 bits per heavy atom. The molecule has 4 unspecified atom stereocenters. The maximum atomic E-state index is 10.1. The molecule has 2 aliphatic rings. The Hall–Kier alpha value is -1.30. The molecule has 4 atom stereocenters. The molecule has 5 heteroatoms. The molecule has 0 bridgehead atoms. The molecule has 1 aliphatic heterocycles. The topological polar surface area (TPSA) is 79.0 Å². The Morgan fingerprint density at radius 1 is 1.29 bits per heavy atom. The minimum atomic E-state index is -0.541. The van der Waals surface area contributed by atoms with Gasteiger partial charge in [-0.25, -0.2) is 0 Å². The van der Waals surface area contributed by atoms with Gasteiger partial charge < -0.3 is 20.7 Å². The van der Waals surface area contributed by atoms with Crippen LogP contribution in [0.25, 0.3) is 0 Å². The van der Waals surface area contributed by atoms with Crippen LogP contribution in [0.4, 0.5) is 5.69 Å². The first-order valence-corrected chi connectivity index (χ1v) is 7.69. The summed E-state index contributed by atoms with van der Waals surface area (Å²) in [4.78, 5) is 2.24. The monoisotopic (exact) mass is 292 g/mol. The van der Waals surface area contributed by atoms with Gasteiger partial charge in [0.25, 0.3) is 0 Å². The number of β-amino-alcohol motifs (C(OH)–C–C–N with tert-alkyl or cyclic N) is 1. The molecule has 2 fully saturated rings. The molecule has 1 aromatic carbocycles. The molecule has 0 aromatic heterocycles. The summed E-state index contributed by atoms with van der Waals surface area (Å²) in [6.07, 6.45) is 1.34. The Labute approximate surface area is 125 Å². The second-order valence-electron chi connectivity index (χ2n) is 6.29. The SMILES string of the molecule is Nc1ccccc1OCC(O)CN1CC2CCC(O)C2C1. The smallest absolute Gasteiger partial charge is 0.142 e. The van der Waals surface area contributed by atoms with E-state index in [1.165, 1.54) is 0 Å². The minimum Gasteiger partial charge on any atom is -0.489 e. The van der Waals surface area contributed by atoms with Crippen LogP contribution in [0.3, 0.4) is 0 Å². The van der Waals surface area contributed by atoms with Crippen LogP contribution in [0.5, 0.6) is 5.75 Å². The molecule has 4 N–H and O–H groups in total. The maximum Gasteiger partial charge on any atom is 0.142 e. The molecule has 3 rings (SSSR count). The molecule has 116 valence electrons. The lowest BCUT2D eigenvalue weighted by molar-refractivity contribution is 0.0680. The van der Waals surface area contributed by atoms with Crippen LogP contribution in [-0.4, -0.2) is 53.6 Å². The second kappa shape index (κ2) is 6.22. The number of nitrogen functional groups attached to an aromatic ring is 1. The maximum absolute atomic E-state index is 10.1. The van der Waals surface area contributed by atoms with Gasteiger partial charge in [0.2, 0.25) is 0 Å². The van der Waals surface area contributed by atoms with Crippen molar-refractivity contribution in [3.63, 3.8) is 0 Å². The Morgan fingerprint density at radius 3 is 2.86 bits per heavy atom. The number of anilines is 1. The number of hydrogen-bond acceptors (Lipinski definition) is 5. The quantitative estimate of drug-likeness (QED) is 0.697. The normalized spacial score (nSPS) is 30.3. The van der Waals surface area contributed by atoms with Crippen LogP contribution < -0.4 is 10.5 Å². The highest BCUT2D eigenvalue weighted by molar-refractivity contribution is 5.51. The van der Waals surface area contributed by atoms with Crippen molar-refractivity contribution in [2.45, 2.75) is 25.0 Å². The summed E-state index contributed by atoms with van der Waals surface area (Å²) in [6.45, 7) is 2.69. The largest absolute Gasteiger partial charge is 0.489 e. The fourth-order valence-electron chi connectivity index (χ4n) is 3.63. The van der Waals surface area contributed by atoms with Crippen LogP contribution in [0, 0.1) is 11.8 Å². The van der Waals surface area contributed by atoms with Crippen LogP contribution >= 0.6 is 0 Å². The fourth-order valence-corrected chi connectivity index (χ4v) is 3.63. The van der Waals surface area contributed by atoms with Gasteiger partial charge in [-0.05, 0) is 30.9 Å². The number of aliphatic hydroxyl groups excluding tert-OH is 2. The molecule has 5 nitrogen and oxygen atoms in total. The van der Waals surface area contributed by atoms with E-state index >= 15 is 0 Å². The molecule has 1 saturated heterocycles.